The number of benzene rings is 2. The quantitative estimate of drug-likeness (QED) is 0.848. The summed E-state index contributed by atoms with van der Waals surface area (Å²) < 4.78 is 0. The number of hydrogen-bond acceptors (Lipinski definition) is 2. The lowest BCUT2D eigenvalue weighted by Crippen LogP contribution is -2.45. The molecule has 1 fully saturated rings. The van der Waals surface area contributed by atoms with Crippen LogP contribution in [0.3, 0.4) is 0 Å². The zero-order valence-corrected chi connectivity index (χ0v) is 13.5. The second kappa shape index (κ2) is 6.10. The van der Waals surface area contributed by atoms with Gasteiger partial charge in [-0.1, -0.05) is 55.0 Å². The first-order valence-electron chi connectivity index (χ1n) is 8.85. The number of aliphatic hydroxyl groups excluding tert-OH is 1. The predicted octanol–water partition coefficient (Wildman–Crippen LogP) is 3.41. The van der Waals surface area contributed by atoms with Gasteiger partial charge in [0.2, 0.25) is 0 Å². The lowest BCUT2D eigenvalue weighted by molar-refractivity contribution is 0.0433. The number of aliphatic hydroxyl groups is 1. The van der Waals surface area contributed by atoms with E-state index >= 15 is 0 Å². The minimum Gasteiger partial charge on any atom is -0.391 e. The van der Waals surface area contributed by atoms with Crippen LogP contribution in [0.5, 0.6) is 0 Å². The summed E-state index contributed by atoms with van der Waals surface area (Å²) in [5.41, 5.74) is 11.9. The molecule has 0 aromatic heterocycles. The Kier molecular flexibility index (Phi) is 3.96. The average molecular weight is 307 g/mol. The van der Waals surface area contributed by atoms with Gasteiger partial charge in [-0.2, -0.15) is 0 Å². The van der Waals surface area contributed by atoms with Crippen LogP contribution >= 0.6 is 0 Å². The lowest BCUT2D eigenvalue weighted by Gasteiger charge is -2.39. The second-order valence-corrected chi connectivity index (χ2v) is 7.12. The maximum atomic E-state index is 10.8. The van der Waals surface area contributed by atoms with Gasteiger partial charge in [0.05, 0.1) is 6.10 Å². The lowest BCUT2D eigenvalue weighted by atomic mass is 9.70. The van der Waals surface area contributed by atoms with E-state index in [-0.39, 0.29) is 17.9 Å². The molecule has 1 saturated carbocycles. The third-order valence-electron chi connectivity index (χ3n) is 5.82. The van der Waals surface area contributed by atoms with Gasteiger partial charge in [0, 0.05) is 12.0 Å². The van der Waals surface area contributed by atoms with Gasteiger partial charge in [0.1, 0.15) is 0 Å². The summed E-state index contributed by atoms with van der Waals surface area (Å²) >= 11 is 0. The van der Waals surface area contributed by atoms with Gasteiger partial charge in [-0.15, -0.1) is 0 Å². The van der Waals surface area contributed by atoms with E-state index in [1.807, 2.05) is 0 Å². The van der Waals surface area contributed by atoms with Crippen molar-refractivity contribution >= 4 is 0 Å². The molecule has 0 heterocycles. The molecule has 3 N–H and O–H groups in total. The Morgan fingerprint density at radius 2 is 1.39 bits per heavy atom. The molecular formula is C21H25NO. The van der Waals surface area contributed by atoms with Crippen LogP contribution in [0.2, 0.25) is 0 Å². The van der Waals surface area contributed by atoms with Gasteiger partial charge in [-0.05, 0) is 53.9 Å². The Morgan fingerprint density at radius 3 is 2.00 bits per heavy atom. The average Bonchev–Trinajstić information content (AvgIpc) is 2.75. The van der Waals surface area contributed by atoms with Crippen molar-refractivity contribution in [2.45, 2.75) is 50.2 Å². The van der Waals surface area contributed by atoms with Crippen molar-refractivity contribution in [1.29, 1.82) is 0 Å². The second-order valence-electron chi connectivity index (χ2n) is 7.12. The molecule has 0 amide bonds. The molecule has 0 bridgehead atoms. The maximum Gasteiger partial charge on any atom is 0.0728 e. The Morgan fingerprint density at radius 1 is 0.826 bits per heavy atom. The SMILES string of the molecule is NC1CCCC(C2c3ccccc3CCc3ccccc32)C1O. The predicted molar refractivity (Wildman–Crippen MR) is 93.5 cm³/mol. The third-order valence-corrected chi connectivity index (χ3v) is 5.82. The van der Waals surface area contributed by atoms with Crippen LogP contribution in [0, 0.1) is 5.92 Å². The Balaban J connectivity index is 1.86. The molecule has 2 heteroatoms. The smallest absolute Gasteiger partial charge is 0.0728 e. The fourth-order valence-electron chi connectivity index (χ4n) is 4.64. The van der Waals surface area contributed by atoms with Crippen molar-refractivity contribution < 1.29 is 5.11 Å². The van der Waals surface area contributed by atoms with Crippen molar-refractivity contribution in [3.63, 3.8) is 0 Å². The first-order chi connectivity index (χ1) is 11.3. The summed E-state index contributed by atoms with van der Waals surface area (Å²) in [6.45, 7) is 0. The van der Waals surface area contributed by atoms with Crippen molar-refractivity contribution in [2.75, 3.05) is 0 Å². The molecule has 23 heavy (non-hydrogen) atoms. The molecule has 2 aliphatic carbocycles. The van der Waals surface area contributed by atoms with E-state index in [2.05, 4.69) is 48.5 Å². The van der Waals surface area contributed by atoms with E-state index in [1.165, 1.54) is 22.3 Å². The summed E-state index contributed by atoms with van der Waals surface area (Å²) in [5.74, 6) is 0.491. The Bertz CT molecular complexity index is 648. The van der Waals surface area contributed by atoms with E-state index in [1.54, 1.807) is 0 Å². The summed E-state index contributed by atoms with van der Waals surface area (Å²) in [6, 6.07) is 17.5. The van der Waals surface area contributed by atoms with Gasteiger partial charge in [0.25, 0.3) is 0 Å². The zero-order valence-electron chi connectivity index (χ0n) is 13.5. The van der Waals surface area contributed by atoms with Gasteiger partial charge >= 0.3 is 0 Å². The first-order valence-corrected chi connectivity index (χ1v) is 8.85. The summed E-state index contributed by atoms with van der Waals surface area (Å²) in [6.07, 6.45) is 4.87. The Hall–Kier alpha value is -1.64. The molecule has 4 rings (SSSR count). The van der Waals surface area contributed by atoms with Crippen LogP contribution in [0.4, 0.5) is 0 Å². The number of hydrogen-bond donors (Lipinski definition) is 2. The minimum atomic E-state index is -0.409. The fourth-order valence-corrected chi connectivity index (χ4v) is 4.64. The molecule has 2 aromatic rings. The number of fused-ring (bicyclic) bond motifs is 2. The molecule has 0 spiro atoms. The van der Waals surface area contributed by atoms with Crippen molar-refractivity contribution in [3.8, 4) is 0 Å². The number of nitrogens with two attached hydrogens (primary N) is 1. The maximum absolute atomic E-state index is 10.8. The molecule has 2 nitrogen and oxygen atoms in total. The van der Waals surface area contributed by atoms with Gasteiger partial charge in [-0.25, -0.2) is 0 Å². The number of rotatable bonds is 1. The number of aryl methyl sites for hydroxylation is 2. The molecule has 3 atom stereocenters. The largest absolute Gasteiger partial charge is 0.391 e. The van der Waals surface area contributed by atoms with Crippen LogP contribution in [-0.4, -0.2) is 17.3 Å². The highest BCUT2D eigenvalue weighted by molar-refractivity contribution is 5.45. The van der Waals surface area contributed by atoms with Crippen molar-refractivity contribution in [2.24, 2.45) is 11.7 Å². The molecule has 3 unspecified atom stereocenters. The highest BCUT2D eigenvalue weighted by Crippen LogP contribution is 2.44. The van der Waals surface area contributed by atoms with Gasteiger partial charge in [0.15, 0.2) is 0 Å². The van der Waals surface area contributed by atoms with Crippen molar-refractivity contribution in [1.82, 2.24) is 0 Å². The molecular weight excluding hydrogens is 282 g/mol. The first kappa shape index (κ1) is 14.9. The molecule has 0 saturated heterocycles. The zero-order chi connectivity index (χ0) is 15.8. The highest BCUT2D eigenvalue weighted by Gasteiger charge is 2.38. The molecule has 0 radical (unpaired) electrons. The molecule has 2 aromatic carbocycles. The van der Waals surface area contributed by atoms with E-state index < -0.39 is 6.10 Å². The van der Waals surface area contributed by atoms with Crippen molar-refractivity contribution in [3.05, 3.63) is 70.8 Å². The van der Waals surface area contributed by atoms with E-state index in [4.69, 9.17) is 5.73 Å². The summed E-state index contributed by atoms with van der Waals surface area (Å²) in [4.78, 5) is 0. The highest BCUT2D eigenvalue weighted by atomic mass is 16.3. The fraction of sp³-hybridized carbons (Fsp3) is 0.429. The van der Waals surface area contributed by atoms with Crippen LogP contribution in [0.15, 0.2) is 48.5 Å². The minimum absolute atomic E-state index is 0.0867. The van der Waals surface area contributed by atoms with E-state index in [0.29, 0.717) is 0 Å². The van der Waals surface area contributed by atoms with Crippen LogP contribution in [0.25, 0.3) is 0 Å². The van der Waals surface area contributed by atoms with Gasteiger partial charge < -0.3 is 10.8 Å². The normalized spacial score (nSPS) is 27.8. The van der Waals surface area contributed by atoms with Crippen LogP contribution in [-0.2, 0) is 12.8 Å². The molecule has 0 aliphatic heterocycles. The third kappa shape index (κ3) is 2.60. The molecule has 120 valence electrons. The Labute approximate surface area is 138 Å². The van der Waals surface area contributed by atoms with Crippen LogP contribution < -0.4 is 5.73 Å². The van der Waals surface area contributed by atoms with Crippen LogP contribution in [0.1, 0.15) is 47.4 Å². The van der Waals surface area contributed by atoms with E-state index in [0.717, 1.165) is 32.1 Å². The molecule has 2 aliphatic rings. The topological polar surface area (TPSA) is 46.2 Å². The monoisotopic (exact) mass is 307 g/mol. The standard InChI is InChI=1S/C21H25NO/c22-19-11-5-10-18(21(19)23)20-16-8-3-1-6-14(16)12-13-15-7-2-4-9-17(15)20/h1-4,6-9,18-21,23H,5,10-13,22H2. The van der Waals surface area contributed by atoms with Gasteiger partial charge in [-0.3, -0.25) is 0 Å². The summed E-state index contributed by atoms with van der Waals surface area (Å²) in [7, 11) is 0. The van der Waals surface area contributed by atoms with E-state index in [9.17, 15) is 5.11 Å². The summed E-state index contributed by atoms with van der Waals surface area (Å²) in [5, 5.41) is 10.8.